The van der Waals surface area contributed by atoms with E-state index in [0.717, 1.165) is 12.8 Å². The summed E-state index contributed by atoms with van der Waals surface area (Å²) in [5, 5.41) is 0. The minimum atomic E-state index is 0.167. The largest absolute Gasteiger partial charge is 0.299 e. The highest BCUT2D eigenvalue weighted by molar-refractivity contribution is 5.84. The number of hydrogen-bond acceptors (Lipinski definition) is 1. The minimum absolute atomic E-state index is 0.167. The molecule has 0 unspecified atom stereocenters. The van der Waals surface area contributed by atoms with Gasteiger partial charge in [-0.15, -0.1) is 0 Å². The van der Waals surface area contributed by atoms with Crippen LogP contribution in [0.5, 0.6) is 0 Å². The van der Waals surface area contributed by atoms with Gasteiger partial charge in [0, 0.05) is 12.3 Å². The van der Waals surface area contributed by atoms with Crippen LogP contribution in [0.2, 0.25) is 0 Å². The molecule has 0 saturated heterocycles. The molecule has 0 aliphatic heterocycles. The third-order valence-corrected chi connectivity index (χ3v) is 5.52. The van der Waals surface area contributed by atoms with Crippen LogP contribution in [0.4, 0.5) is 0 Å². The molecule has 0 bridgehead atoms. The van der Waals surface area contributed by atoms with E-state index in [4.69, 9.17) is 0 Å². The number of rotatable bonds is 8. The van der Waals surface area contributed by atoms with Crippen molar-refractivity contribution in [1.82, 2.24) is 0 Å². The van der Waals surface area contributed by atoms with Gasteiger partial charge in [0.05, 0.1) is 0 Å². The zero-order chi connectivity index (χ0) is 17.5. The molecule has 132 valence electrons. The van der Waals surface area contributed by atoms with Crippen molar-refractivity contribution in [1.29, 1.82) is 0 Å². The number of carbonyl (C=O) groups excluding carboxylic acids is 1. The first-order valence-corrected chi connectivity index (χ1v) is 9.77. The van der Waals surface area contributed by atoms with Gasteiger partial charge in [-0.1, -0.05) is 82.0 Å². The smallest absolute Gasteiger partial charge is 0.137 e. The van der Waals surface area contributed by atoms with E-state index in [0.29, 0.717) is 23.5 Å². The van der Waals surface area contributed by atoms with Crippen LogP contribution < -0.4 is 0 Å². The molecule has 0 amide bonds. The molecule has 24 heavy (non-hydrogen) atoms. The maximum atomic E-state index is 12.5. The van der Waals surface area contributed by atoms with Crippen molar-refractivity contribution >= 4 is 5.78 Å². The van der Waals surface area contributed by atoms with Crippen LogP contribution in [-0.2, 0) is 11.2 Å². The molecule has 0 N–H and O–H groups in total. The molecule has 4 atom stereocenters. The molecule has 1 fully saturated rings. The van der Waals surface area contributed by atoms with Gasteiger partial charge < -0.3 is 0 Å². The van der Waals surface area contributed by atoms with Crippen LogP contribution in [0, 0.1) is 30.6 Å². The fourth-order valence-corrected chi connectivity index (χ4v) is 4.01. The van der Waals surface area contributed by atoms with Gasteiger partial charge >= 0.3 is 0 Å². The van der Waals surface area contributed by atoms with E-state index in [-0.39, 0.29) is 5.92 Å². The summed E-state index contributed by atoms with van der Waals surface area (Å²) in [5.41, 5.74) is 2.58. The Morgan fingerprint density at radius 1 is 1.29 bits per heavy atom. The number of ketones is 1. The predicted octanol–water partition coefficient (Wildman–Crippen LogP) is 6.15. The Labute approximate surface area is 148 Å². The summed E-state index contributed by atoms with van der Waals surface area (Å²) in [6, 6.07) is 8.62. The molecule has 0 radical (unpaired) electrons. The summed E-state index contributed by atoms with van der Waals surface area (Å²) in [5.74, 6) is 2.13. The highest BCUT2D eigenvalue weighted by Gasteiger charge is 2.38. The Hall–Kier alpha value is -1.37. The second-order valence-electron chi connectivity index (χ2n) is 7.88. The van der Waals surface area contributed by atoms with Gasteiger partial charge in [-0.25, -0.2) is 0 Å². The van der Waals surface area contributed by atoms with Crippen molar-refractivity contribution in [2.75, 3.05) is 0 Å². The van der Waals surface area contributed by atoms with Crippen molar-refractivity contribution in [3.05, 3.63) is 47.5 Å². The third-order valence-electron chi connectivity index (χ3n) is 5.52. The Balaban J connectivity index is 2.01. The molecule has 2 rings (SSSR count). The number of Topliss-reactive ketones (excluding diaryl/α,β-unsaturated/α-hetero) is 1. The number of carbonyl (C=O) groups is 1. The molecule has 1 aromatic carbocycles. The number of aryl methyl sites for hydroxylation is 1. The summed E-state index contributed by atoms with van der Waals surface area (Å²) < 4.78 is 0. The van der Waals surface area contributed by atoms with Gasteiger partial charge in [-0.2, -0.15) is 0 Å². The molecule has 1 aliphatic rings. The molecule has 1 nitrogen and oxygen atoms in total. The zero-order valence-corrected chi connectivity index (χ0v) is 15.9. The van der Waals surface area contributed by atoms with Crippen molar-refractivity contribution in [3.63, 3.8) is 0 Å². The lowest BCUT2D eigenvalue weighted by molar-refractivity contribution is -0.121. The lowest BCUT2D eigenvalue weighted by Crippen LogP contribution is -2.18. The lowest BCUT2D eigenvalue weighted by atomic mass is 9.84. The van der Waals surface area contributed by atoms with Crippen molar-refractivity contribution in [2.24, 2.45) is 23.7 Å². The summed E-state index contributed by atoms with van der Waals surface area (Å²) in [4.78, 5) is 12.5. The van der Waals surface area contributed by atoms with Crippen LogP contribution in [0.3, 0.4) is 0 Å². The SMILES string of the molecule is CCCCC[C@H](C)/C=C/[C@H]1[C@H](C)CC(=O)[C@@H]1Cc1cccc(C)c1. The van der Waals surface area contributed by atoms with E-state index in [1.807, 2.05) is 0 Å². The van der Waals surface area contributed by atoms with Gasteiger partial charge in [0.15, 0.2) is 0 Å². The van der Waals surface area contributed by atoms with Gasteiger partial charge in [-0.05, 0) is 43.1 Å². The van der Waals surface area contributed by atoms with Gasteiger partial charge in [-0.3, -0.25) is 4.79 Å². The third kappa shape index (κ3) is 5.33. The van der Waals surface area contributed by atoms with Crippen LogP contribution in [-0.4, -0.2) is 5.78 Å². The summed E-state index contributed by atoms with van der Waals surface area (Å²) in [7, 11) is 0. The van der Waals surface area contributed by atoms with E-state index in [1.54, 1.807) is 0 Å². The van der Waals surface area contributed by atoms with Gasteiger partial charge in [0.25, 0.3) is 0 Å². The first kappa shape index (κ1) is 19.0. The molecule has 1 aliphatic carbocycles. The van der Waals surface area contributed by atoms with Gasteiger partial charge in [0.1, 0.15) is 5.78 Å². The quantitative estimate of drug-likeness (QED) is 0.413. The number of benzene rings is 1. The van der Waals surface area contributed by atoms with Crippen molar-refractivity contribution in [3.8, 4) is 0 Å². The zero-order valence-electron chi connectivity index (χ0n) is 15.9. The van der Waals surface area contributed by atoms with E-state index < -0.39 is 0 Å². The van der Waals surface area contributed by atoms with Gasteiger partial charge in [0.2, 0.25) is 0 Å². The van der Waals surface area contributed by atoms with Crippen LogP contribution in [0.1, 0.15) is 64.0 Å². The Kier molecular flexibility index (Phi) is 7.27. The summed E-state index contributed by atoms with van der Waals surface area (Å²) in [6.45, 7) is 8.92. The fraction of sp³-hybridized carbons (Fsp3) is 0.609. The molecular weight excluding hydrogens is 292 g/mol. The molecule has 0 aromatic heterocycles. The molecule has 1 heteroatoms. The summed E-state index contributed by atoms with van der Waals surface area (Å²) >= 11 is 0. The second-order valence-corrected chi connectivity index (χ2v) is 7.88. The highest BCUT2D eigenvalue weighted by atomic mass is 16.1. The molecule has 0 spiro atoms. The first-order valence-electron chi connectivity index (χ1n) is 9.77. The topological polar surface area (TPSA) is 17.1 Å². The lowest BCUT2D eigenvalue weighted by Gasteiger charge is -2.19. The van der Waals surface area contributed by atoms with Crippen LogP contribution in [0.25, 0.3) is 0 Å². The number of allylic oxidation sites excluding steroid dienone is 2. The molecule has 1 saturated carbocycles. The fourth-order valence-electron chi connectivity index (χ4n) is 4.01. The Morgan fingerprint density at radius 3 is 2.79 bits per heavy atom. The first-order chi connectivity index (χ1) is 11.5. The maximum absolute atomic E-state index is 12.5. The average Bonchev–Trinajstić information content (AvgIpc) is 2.79. The Bertz CT molecular complexity index is 557. The maximum Gasteiger partial charge on any atom is 0.137 e. The van der Waals surface area contributed by atoms with Crippen LogP contribution >= 0.6 is 0 Å². The molecule has 0 heterocycles. The predicted molar refractivity (Wildman–Crippen MR) is 103 cm³/mol. The number of hydrogen-bond donors (Lipinski definition) is 0. The van der Waals surface area contributed by atoms with E-state index >= 15 is 0 Å². The second kappa shape index (κ2) is 9.20. The number of unbranched alkanes of at least 4 members (excludes halogenated alkanes) is 2. The standard InChI is InChI=1S/C23H34O/c1-5-6-7-9-17(2)12-13-21-19(4)15-23(24)22(21)16-20-11-8-10-18(3)14-20/h8,10-14,17,19,21-22H,5-7,9,15-16H2,1-4H3/b13-12+/t17-,19+,21-,22+/m0/s1. The van der Waals surface area contributed by atoms with Crippen LogP contribution in [0.15, 0.2) is 36.4 Å². The molecular formula is C23H34O. The normalized spacial score (nSPS) is 25.5. The van der Waals surface area contributed by atoms with E-state index in [9.17, 15) is 4.79 Å². The van der Waals surface area contributed by atoms with Crippen molar-refractivity contribution in [2.45, 2.75) is 66.2 Å². The summed E-state index contributed by atoms with van der Waals surface area (Å²) in [6.07, 6.45) is 11.6. The minimum Gasteiger partial charge on any atom is -0.299 e. The average molecular weight is 327 g/mol. The Morgan fingerprint density at radius 2 is 2.08 bits per heavy atom. The van der Waals surface area contributed by atoms with E-state index in [1.165, 1.54) is 36.8 Å². The monoisotopic (exact) mass is 326 g/mol. The van der Waals surface area contributed by atoms with E-state index in [2.05, 4.69) is 64.1 Å². The highest BCUT2D eigenvalue weighted by Crippen LogP contribution is 2.37. The molecule has 1 aromatic rings. The van der Waals surface area contributed by atoms with Crippen molar-refractivity contribution < 1.29 is 4.79 Å².